The number of rotatable bonds is 6. The Labute approximate surface area is 147 Å². The van der Waals surface area contributed by atoms with Crippen molar-refractivity contribution in [2.75, 3.05) is 10.6 Å². The number of anilines is 2. The Kier molecular flexibility index (Phi) is 5.03. The van der Waals surface area contributed by atoms with Crippen LogP contribution >= 0.6 is 0 Å². The quantitative estimate of drug-likeness (QED) is 0.843. The smallest absolute Gasteiger partial charge is 0.265 e. The Bertz CT molecular complexity index is 770. The normalized spacial score (nSPS) is 14.5. The number of carbonyl (C=O) groups is 2. The topological polar surface area (TPSA) is 67.4 Å². The molecule has 0 spiro atoms. The molecule has 1 aliphatic rings. The van der Waals surface area contributed by atoms with E-state index in [9.17, 15) is 9.59 Å². The van der Waals surface area contributed by atoms with Gasteiger partial charge in [-0.15, -0.1) is 0 Å². The summed E-state index contributed by atoms with van der Waals surface area (Å²) in [6.07, 6.45) is 1.28. The first-order chi connectivity index (χ1) is 12.0. The second kappa shape index (κ2) is 7.38. The average Bonchev–Trinajstić information content (AvgIpc) is 3.44. The van der Waals surface area contributed by atoms with Crippen molar-refractivity contribution >= 4 is 23.2 Å². The predicted octanol–water partition coefficient (Wildman–Crippen LogP) is 3.75. The van der Waals surface area contributed by atoms with Crippen LogP contribution in [-0.4, -0.2) is 17.9 Å². The molecule has 0 saturated heterocycles. The van der Waals surface area contributed by atoms with Gasteiger partial charge < -0.3 is 15.4 Å². The minimum atomic E-state index is -0.631. The molecular formula is C20H22N2O3. The van der Waals surface area contributed by atoms with Crippen molar-refractivity contribution in [3.8, 4) is 5.75 Å². The lowest BCUT2D eigenvalue weighted by Crippen LogP contribution is -2.30. The fourth-order valence-corrected chi connectivity index (χ4v) is 2.42. The molecule has 130 valence electrons. The number of aryl methyl sites for hydroxylation is 1. The van der Waals surface area contributed by atoms with E-state index in [1.54, 1.807) is 25.1 Å². The van der Waals surface area contributed by atoms with Crippen LogP contribution in [0.5, 0.6) is 5.75 Å². The summed E-state index contributed by atoms with van der Waals surface area (Å²) in [6.45, 7) is 3.63. The van der Waals surface area contributed by atoms with Crippen LogP contribution in [0.15, 0.2) is 48.5 Å². The number of hydrogen-bond acceptors (Lipinski definition) is 3. The zero-order chi connectivity index (χ0) is 17.8. The van der Waals surface area contributed by atoms with Crippen molar-refractivity contribution in [3.05, 3.63) is 54.1 Å². The fourth-order valence-electron chi connectivity index (χ4n) is 2.42. The van der Waals surface area contributed by atoms with Gasteiger partial charge in [0, 0.05) is 17.3 Å². The Balaban J connectivity index is 1.63. The standard InChI is InChI=1S/C20H22N2O3/c1-13-8-11-16(12-18(13)22-20(24)15-9-10-15)21-19(23)14(2)25-17-6-4-3-5-7-17/h3-8,11-12,14-15H,9-10H2,1-2H3,(H,21,23)(H,22,24). The highest BCUT2D eigenvalue weighted by Crippen LogP contribution is 2.31. The van der Waals surface area contributed by atoms with Crippen LogP contribution in [-0.2, 0) is 9.59 Å². The number of benzene rings is 2. The molecule has 2 N–H and O–H groups in total. The van der Waals surface area contributed by atoms with Gasteiger partial charge >= 0.3 is 0 Å². The summed E-state index contributed by atoms with van der Waals surface area (Å²) in [4.78, 5) is 24.3. The van der Waals surface area contributed by atoms with Crippen molar-refractivity contribution in [2.24, 2.45) is 5.92 Å². The van der Waals surface area contributed by atoms with E-state index < -0.39 is 6.10 Å². The summed E-state index contributed by atoms with van der Waals surface area (Å²) in [5.41, 5.74) is 2.32. The molecule has 1 aliphatic carbocycles. The van der Waals surface area contributed by atoms with Gasteiger partial charge in [-0.25, -0.2) is 0 Å². The van der Waals surface area contributed by atoms with Gasteiger partial charge in [-0.1, -0.05) is 24.3 Å². The maximum Gasteiger partial charge on any atom is 0.265 e. The Hall–Kier alpha value is -2.82. The first-order valence-corrected chi connectivity index (χ1v) is 8.47. The Morgan fingerprint density at radius 2 is 1.80 bits per heavy atom. The number of hydrogen-bond donors (Lipinski definition) is 2. The van der Waals surface area contributed by atoms with Gasteiger partial charge in [-0.3, -0.25) is 9.59 Å². The SMILES string of the molecule is Cc1ccc(NC(=O)C(C)Oc2ccccc2)cc1NC(=O)C1CC1. The van der Waals surface area contributed by atoms with E-state index in [1.165, 1.54) is 0 Å². The molecule has 5 nitrogen and oxygen atoms in total. The molecule has 1 fully saturated rings. The fraction of sp³-hybridized carbons (Fsp3) is 0.300. The highest BCUT2D eigenvalue weighted by atomic mass is 16.5. The van der Waals surface area contributed by atoms with Crippen molar-refractivity contribution in [1.82, 2.24) is 0 Å². The minimum Gasteiger partial charge on any atom is -0.481 e. The van der Waals surface area contributed by atoms with Crippen LogP contribution in [0, 0.1) is 12.8 Å². The number of para-hydroxylation sites is 1. The van der Waals surface area contributed by atoms with Crippen LogP contribution in [0.25, 0.3) is 0 Å². The monoisotopic (exact) mass is 338 g/mol. The van der Waals surface area contributed by atoms with Gasteiger partial charge in [-0.05, 0) is 56.5 Å². The first kappa shape index (κ1) is 17.0. The molecular weight excluding hydrogens is 316 g/mol. The molecule has 5 heteroatoms. The maximum atomic E-state index is 12.3. The number of carbonyl (C=O) groups excluding carboxylic acids is 2. The van der Waals surface area contributed by atoms with Crippen LogP contribution < -0.4 is 15.4 Å². The van der Waals surface area contributed by atoms with E-state index in [0.29, 0.717) is 11.4 Å². The summed E-state index contributed by atoms with van der Waals surface area (Å²) in [7, 11) is 0. The van der Waals surface area contributed by atoms with Crippen molar-refractivity contribution in [2.45, 2.75) is 32.8 Å². The Morgan fingerprint density at radius 3 is 2.48 bits per heavy atom. The van der Waals surface area contributed by atoms with Gasteiger partial charge in [0.25, 0.3) is 5.91 Å². The van der Waals surface area contributed by atoms with E-state index in [2.05, 4.69) is 10.6 Å². The molecule has 0 aromatic heterocycles. The lowest BCUT2D eigenvalue weighted by Gasteiger charge is -2.16. The molecule has 0 radical (unpaired) electrons. The molecule has 0 aliphatic heterocycles. The lowest BCUT2D eigenvalue weighted by molar-refractivity contribution is -0.122. The summed E-state index contributed by atoms with van der Waals surface area (Å²) in [6, 6.07) is 14.7. The van der Waals surface area contributed by atoms with Gasteiger partial charge in [0.15, 0.2) is 6.10 Å². The second-order valence-corrected chi connectivity index (χ2v) is 6.36. The molecule has 1 unspecified atom stereocenters. The van der Waals surface area contributed by atoms with E-state index in [1.807, 2.05) is 37.3 Å². The lowest BCUT2D eigenvalue weighted by atomic mass is 10.1. The third-order valence-corrected chi connectivity index (χ3v) is 4.14. The van der Waals surface area contributed by atoms with Crippen molar-refractivity contribution in [1.29, 1.82) is 0 Å². The van der Waals surface area contributed by atoms with Gasteiger partial charge in [-0.2, -0.15) is 0 Å². The third kappa shape index (κ3) is 4.59. The summed E-state index contributed by atoms with van der Waals surface area (Å²) >= 11 is 0. The van der Waals surface area contributed by atoms with Crippen LogP contribution in [0.1, 0.15) is 25.3 Å². The van der Waals surface area contributed by atoms with E-state index >= 15 is 0 Å². The molecule has 0 heterocycles. The zero-order valence-electron chi connectivity index (χ0n) is 14.4. The molecule has 25 heavy (non-hydrogen) atoms. The summed E-state index contributed by atoms with van der Waals surface area (Å²) in [5.74, 6) is 0.586. The number of nitrogens with one attached hydrogen (secondary N) is 2. The molecule has 3 rings (SSSR count). The van der Waals surface area contributed by atoms with E-state index in [0.717, 1.165) is 24.1 Å². The van der Waals surface area contributed by atoms with E-state index in [4.69, 9.17) is 4.74 Å². The Morgan fingerprint density at radius 1 is 1.08 bits per heavy atom. The predicted molar refractivity (Wildman–Crippen MR) is 97.7 cm³/mol. The molecule has 2 aromatic rings. The highest BCUT2D eigenvalue weighted by molar-refractivity contribution is 5.97. The summed E-state index contributed by atoms with van der Waals surface area (Å²) in [5, 5.41) is 5.77. The van der Waals surface area contributed by atoms with E-state index in [-0.39, 0.29) is 17.7 Å². The zero-order valence-corrected chi connectivity index (χ0v) is 14.4. The largest absolute Gasteiger partial charge is 0.481 e. The summed E-state index contributed by atoms with van der Waals surface area (Å²) < 4.78 is 5.62. The molecule has 1 saturated carbocycles. The van der Waals surface area contributed by atoms with Crippen molar-refractivity contribution < 1.29 is 14.3 Å². The average molecular weight is 338 g/mol. The van der Waals surface area contributed by atoms with Gasteiger partial charge in [0.2, 0.25) is 5.91 Å². The number of amides is 2. The van der Waals surface area contributed by atoms with Gasteiger partial charge in [0.1, 0.15) is 5.75 Å². The number of ether oxygens (including phenoxy) is 1. The minimum absolute atomic E-state index is 0.0485. The highest BCUT2D eigenvalue weighted by Gasteiger charge is 2.29. The van der Waals surface area contributed by atoms with Crippen LogP contribution in [0.4, 0.5) is 11.4 Å². The second-order valence-electron chi connectivity index (χ2n) is 6.36. The van der Waals surface area contributed by atoms with Crippen molar-refractivity contribution in [3.63, 3.8) is 0 Å². The third-order valence-electron chi connectivity index (χ3n) is 4.14. The van der Waals surface area contributed by atoms with Crippen LogP contribution in [0.3, 0.4) is 0 Å². The molecule has 0 bridgehead atoms. The first-order valence-electron chi connectivity index (χ1n) is 8.47. The molecule has 1 atom stereocenters. The molecule has 2 amide bonds. The van der Waals surface area contributed by atoms with Gasteiger partial charge in [0.05, 0.1) is 0 Å². The molecule has 2 aromatic carbocycles. The maximum absolute atomic E-state index is 12.3. The van der Waals surface area contributed by atoms with Crippen LogP contribution in [0.2, 0.25) is 0 Å².